The fraction of sp³-hybridized carbons (Fsp3) is 0.280. The first-order chi connectivity index (χ1) is 17.1. The summed E-state index contributed by atoms with van der Waals surface area (Å²) in [4.78, 5) is 0. The third kappa shape index (κ3) is 3.70. The molecule has 6 nitrogen and oxygen atoms in total. The van der Waals surface area contributed by atoms with Crippen LogP contribution in [0.5, 0.6) is 0 Å². The van der Waals surface area contributed by atoms with E-state index in [-0.39, 0.29) is 22.8 Å². The third-order valence-electron chi connectivity index (χ3n) is 6.42. The van der Waals surface area contributed by atoms with Crippen molar-refractivity contribution >= 4 is 23.3 Å². The van der Waals surface area contributed by atoms with Crippen LogP contribution in [0.1, 0.15) is 33.9 Å². The summed E-state index contributed by atoms with van der Waals surface area (Å²) in [5.41, 5.74) is -5.49. The Hall–Kier alpha value is -4.68. The van der Waals surface area contributed by atoms with E-state index in [0.29, 0.717) is 0 Å². The molecule has 0 radical (unpaired) electrons. The van der Waals surface area contributed by atoms with Crippen molar-refractivity contribution in [3.63, 3.8) is 0 Å². The first-order valence-electron chi connectivity index (χ1n) is 10.4. The highest BCUT2D eigenvalue weighted by atomic mass is 19.3. The van der Waals surface area contributed by atoms with Gasteiger partial charge in [-0.15, -0.1) is 0 Å². The Morgan fingerprint density at radius 3 is 1.24 bits per heavy atom. The molecule has 3 rings (SSSR count). The lowest BCUT2D eigenvalue weighted by atomic mass is 9.94. The Kier molecular flexibility index (Phi) is 6.38. The molecular weight excluding hydrogens is 498 g/mol. The molecule has 12 heteroatoms. The van der Waals surface area contributed by atoms with Gasteiger partial charge in [-0.2, -0.15) is 47.4 Å². The lowest BCUT2D eigenvalue weighted by Crippen LogP contribution is -2.49. The van der Waals surface area contributed by atoms with Crippen LogP contribution >= 0.6 is 0 Å². The van der Waals surface area contributed by atoms with Crippen molar-refractivity contribution in [3.8, 4) is 24.3 Å². The average molecular weight is 514 g/mol. The Morgan fingerprint density at radius 2 is 0.973 bits per heavy atom. The highest BCUT2D eigenvalue weighted by Crippen LogP contribution is 2.65. The van der Waals surface area contributed by atoms with Crippen LogP contribution in [0.4, 0.5) is 26.3 Å². The van der Waals surface area contributed by atoms with E-state index in [1.54, 1.807) is 24.3 Å². The second-order valence-corrected chi connectivity index (χ2v) is 8.29. The predicted molar refractivity (Wildman–Crippen MR) is 120 cm³/mol. The summed E-state index contributed by atoms with van der Waals surface area (Å²) in [5, 5.41) is 36.0. The number of halogens is 6. The lowest BCUT2D eigenvalue weighted by molar-refractivity contribution is -0.254. The molecule has 0 saturated heterocycles. The molecule has 0 spiro atoms. The first kappa shape index (κ1) is 26.9. The molecule has 0 aliphatic heterocycles. The molecule has 2 aromatic heterocycles. The SMILES string of the molecule is Cc1c(C2=C(c3cc(C=C(C#N)C#N)n(C)c3C)C(F)(F)C(F)(F)C2(F)F)cc(C=C(C#N)C#N)n1C. The summed E-state index contributed by atoms with van der Waals surface area (Å²) in [6.07, 6.45) is 2.03. The van der Waals surface area contributed by atoms with E-state index in [9.17, 15) is 8.78 Å². The maximum Gasteiger partial charge on any atom is 0.380 e. The summed E-state index contributed by atoms with van der Waals surface area (Å²) in [5.74, 6) is -16.4. The number of nitrogens with zero attached hydrogens (tertiary/aromatic N) is 6. The minimum atomic E-state index is -5.80. The standard InChI is InChI=1S/C25H16F6N6/c1-13-19(7-17(36(13)3)5-15(9-32)10-33)21-22(24(28,29)25(30,31)23(21,26)27)20-8-18(37(4)14(20)2)6-16(11-34)12-35/h5-8H,1-4H3. The van der Waals surface area contributed by atoms with Crippen molar-refractivity contribution < 1.29 is 26.3 Å². The molecule has 2 aromatic rings. The highest BCUT2D eigenvalue weighted by Gasteiger charge is 2.80. The Balaban J connectivity index is 2.49. The monoisotopic (exact) mass is 514 g/mol. The molecule has 0 unspecified atom stereocenters. The van der Waals surface area contributed by atoms with Crippen molar-refractivity contribution in [2.24, 2.45) is 14.1 Å². The molecule has 0 aromatic carbocycles. The molecule has 1 aliphatic rings. The van der Waals surface area contributed by atoms with Crippen LogP contribution in [-0.2, 0) is 14.1 Å². The van der Waals surface area contributed by atoms with Crippen LogP contribution in [0, 0.1) is 59.2 Å². The number of rotatable bonds is 4. The fourth-order valence-corrected chi connectivity index (χ4v) is 4.14. The van der Waals surface area contributed by atoms with Crippen LogP contribution in [0.2, 0.25) is 0 Å². The first-order valence-corrected chi connectivity index (χ1v) is 10.4. The zero-order valence-corrected chi connectivity index (χ0v) is 19.8. The van der Waals surface area contributed by atoms with E-state index in [0.717, 1.165) is 24.3 Å². The molecule has 1 aliphatic carbocycles. The Bertz CT molecular complexity index is 1440. The molecule has 0 fully saturated rings. The second-order valence-electron chi connectivity index (χ2n) is 8.29. The van der Waals surface area contributed by atoms with E-state index in [4.69, 9.17) is 21.0 Å². The van der Waals surface area contributed by atoms with Crippen LogP contribution in [-0.4, -0.2) is 26.9 Å². The van der Waals surface area contributed by atoms with Crippen LogP contribution in [0.25, 0.3) is 23.3 Å². The molecule has 0 amide bonds. The van der Waals surface area contributed by atoms with E-state index in [1.807, 2.05) is 0 Å². The van der Waals surface area contributed by atoms with Gasteiger partial charge in [-0.3, -0.25) is 0 Å². The van der Waals surface area contributed by atoms with Gasteiger partial charge in [0.25, 0.3) is 0 Å². The van der Waals surface area contributed by atoms with Gasteiger partial charge in [-0.1, -0.05) is 0 Å². The molecule has 188 valence electrons. The molecular formula is C25H16F6N6. The van der Waals surface area contributed by atoms with E-state index >= 15 is 17.6 Å². The Morgan fingerprint density at radius 1 is 0.676 bits per heavy atom. The molecule has 0 bridgehead atoms. The minimum absolute atomic E-state index is 0.0205. The maximum atomic E-state index is 15.3. The summed E-state index contributed by atoms with van der Waals surface area (Å²) < 4.78 is 92.9. The maximum absolute atomic E-state index is 15.3. The van der Waals surface area contributed by atoms with Crippen molar-refractivity contribution in [2.45, 2.75) is 31.6 Å². The van der Waals surface area contributed by atoms with Gasteiger partial charge in [0.1, 0.15) is 35.4 Å². The molecule has 0 N–H and O–H groups in total. The summed E-state index contributed by atoms with van der Waals surface area (Å²) in [6, 6.07) is 8.18. The van der Waals surface area contributed by atoms with Gasteiger partial charge < -0.3 is 9.13 Å². The van der Waals surface area contributed by atoms with Crippen molar-refractivity contribution in [1.82, 2.24) is 9.13 Å². The van der Waals surface area contributed by atoms with E-state index in [2.05, 4.69) is 0 Å². The van der Waals surface area contributed by atoms with Gasteiger partial charge in [0.05, 0.1) is 0 Å². The molecule has 37 heavy (non-hydrogen) atoms. The number of nitriles is 4. The van der Waals surface area contributed by atoms with Crippen molar-refractivity contribution in [2.75, 3.05) is 0 Å². The predicted octanol–water partition coefficient (Wildman–Crippen LogP) is 5.67. The topological polar surface area (TPSA) is 105 Å². The number of aromatic nitrogens is 2. The van der Waals surface area contributed by atoms with Gasteiger partial charge >= 0.3 is 17.8 Å². The normalized spacial score (nSPS) is 16.8. The quantitative estimate of drug-likeness (QED) is 0.387. The number of hydrogen-bond donors (Lipinski definition) is 0. The van der Waals surface area contributed by atoms with Gasteiger partial charge in [-0.25, -0.2) is 0 Å². The summed E-state index contributed by atoms with van der Waals surface area (Å²) >= 11 is 0. The van der Waals surface area contributed by atoms with Gasteiger partial charge in [0, 0.05) is 59.1 Å². The third-order valence-corrected chi connectivity index (χ3v) is 6.42. The van der Waals surface area contributed by atoms with Gasteiger partial charge in [0.2, 0.25) is 0 Å². The second kappa shape index (κ2) is 8.76. The van der Waals surface area contributed by atoms with Crippen LogP contribution in [0.3, 0.4) is 0 Å². The zero-order valence-electron chi connectivity index (χ0n) is 19.8. The smallest absolute Gasteiger partial charge is 0.348 e. The van der Waals surface area contributed by atoms with Crippen LogP contribution < -0.4 is 0 Å². The van der Waals surface area contributed by atoms with Gasteiger partial charge in [-0.05, 0) is 38.1 Å². The number of hydrogen-bond acceptors (Lipinski definition) is 4. The lowest BCUT2D eigenvalue weighted by Gasteiger charge is -2.25. The average Bonchev–Trinajstić information content (AvgIpc) is 3.31. The van der Waals surface area contributed by atoms with Crippen molar-refractivity contribution in [3.05, 3.63) is 57.2 Å². The van der Waals surface area contributed by atoms with E-state index < -0.39 is 51.2 Å². The highest BCUT2D eigenvalue weighted by molar-refractivity contribution is 6.02. The summed E-state index contributed by atoms with van der Waals surface area (Å²) in [6.45, 7) is 2.50. The Labute approximate surface area is 207 Å². The van der Waals surface area contributed by atoms with E-state index in [1.165, 1.54) is 37.1 Å². The molecule has 0 atom stereocenters. The number of alkyl halides is 6. The van der Waals surface area contributed by atoms with Crippen molar-refractivity contribution in [1.29, 1.82) is 21.0 Å². The van der Waals surface area contributed by atoms with Gasteiger partial charge in [0.15, 0.2) is 0 Å². The minimum Gasteiger partial charge on any atom is -0.348 e. The fourth-order valence-electron chi connectivity index (χ4n) is 4.14. The molecule has 0 saturated carbocycles. The van der Waals surface area contributed by atoms with Crippen LogP contribution in [0.15, 0.2) is 23.3 Å². The molecule has 2 heterocycles. The number of allylic oxidation sites excluding steroid dienone is 4. The summed E-state index contributed by atoms with van der Waals surface area (Å²) in [7, 11) is 2.67. The largest absolute Gasteiger partial charge is 0.380 e. The zero-order chi connectivity index (χ0) is 28.1.